The van der Waals surface area contributed by atoms with Gasteiger partial charge in [0.25, 0.3) is 5.56 Å². The van der Waals surface area contributed by atoms with Gasteiger partial charge in [0.15, 0.2) is 0 Å². The van der Waals surface area contributed by atoms with Crippen molar-refractivity contribution in [3.8, 4) is 0 Å². The molecule has 116 valence electrons. The third-order valence-corrected chi connectivity index (χ3v) is 4.24. The van der Waals surface area contributed by atoms with Crippen LogP contribution in [0, 0.1) is 13.8 Å². The molecule has 0 radical (unpaired) electrons. The third kappa shape index (κ3) is 3.22. The fraction of sp³-hybridized carbons (Fsp3) is 0.286. The zero-order valence-electron chi connectivity index (χ0n) is 12.3. The van der Waals surface area contributed by atoms with Gasteiger partial charge in [0.05, 0.1) is 11.7 Å². The van der Waals surface area contributed by atoms with Gasteiger partial charge in [-0.05, 0) is 19.4 Å². The second kappa shape index (κ2) is 6.52. The van der Waals surface area contributed by atoms with Crippen LogP contribution in [0.3, 0.4) is 0 Å². The van der Waals surface area contributed by atoms with E-state index in [0.717, 1.165) is 10.4 Å². The lowest BCUT2D eigenvalue weighted by Crippen LogP contribution is -2.42. The number of aryl methyl sites for hydroxylation is 2. The maximum atomic E-state index is 12.4. The Bertz CT molecular complexity index is 806. The number of imide groups is 1. The summed E-state index contributed by atoms with van der Waals surface area (Å²) in [5.41, 5.74) is 0.587. The number of carbonyl (C=O) groups is 2. The quantitative estimate of drug-likeness (QED) is 0.825. The van der Waals surface area contributed by atoms with Crippen molar-refractivity contribution in [2.24, 2.45) is 0 Å². The molecule has 0 unspecified atom stereocenters. The Kier molecular flexibility index (Phi) is 4.71. The van der Waals surface area contributed by atoms with Crippen LogP contribution in [0.4, 0.5) is 4.79 Å². The van der Waals surface area contributed by atoms with Gasteiger partial charge in [0.1, 0.15) is 11.4 Å². The summed E-state index contributed by atoms with van der Waals surface area (Å²) in [7, 11) is 0. The minimum absolute atomic E-state index is 0.250. The first-order valence-electron chi connectivity index (χ1n) is 6.57. The predicted molar refractivity (Wildman–Crippen MR) is 85.1 cm³/mol. The van der Waals surface area contributed by atoms with E-state index >= 15 is 0 Å². The van der Waals surface area contributed by atoms with E-state index in [-0.39, 0.29) is 18.6 Å². The number of fused-ring (bicyclic) bond motifs is 1. The molecule has 0 bridgehead atoms. The maximum absolute atomic E-state index is 12.4. The van der Waals surface area contributed by atoms with Gasteiger partial charge in [-0.15, -0.1) is 17.9 Å². The normalized spacial score (nSPS) is 10.5. The number of amides is 3. The van der Waals surface area contributed by atoms with Gasteiger partial charge in [-0.3, -0.25) is 19.5 Å². The van der Waals surface area contributed by atoms with E-state index in [0.29, 0.717) is 10.2 Å². The molecule has 2 rings (SSSR count). The van der Waals surface area contributed by atoms with Crippen LogP contribution in [0.1, 0.15) is 10.4 Å². The second-order valence-electron chi connectivity index (χ2n) is 4.69. The molecular weight excluding hydrogens is 304 g/mol. The van der Waals surface area contributed by atoms with E-state index in [1.54, 1.807) is 0 Å². The Morgan fingerprint density at radius 3 is 2.86 bits per heavy atom. The Morgan fingerprint density at radius 2 is 2.18 bits per heavy atom. The van der Waals surface area contributed by atoms with Gasteiger partial charge in [-0.1, -0.05) is 6.08 Å². The fourth-order valence-electron chi connectivity index (χ4n) is 1.91. The van der Waals surface area contributed by atoms with E-state index < -0.39 is 11.9 Å². The summed E-state index contributed by atoms with van der Waals surface area (Å²) >= 11 is 1.44. The van der Waals surface area contributed by atoms with Crippen molar-refractivity contribution in [3.63, 3.8) is 0 Å². The highest BCUT2D eigenvalue weighted by Crippen LogP contribution is 2.25. The first kappa shape index (κ1) is 15.9. The van der Waals surface area contributed by atoms with E-state index in [4.69, 9.17) is 0 Å². The molecule has 0 atom stereocenters. The largest absolute Gasteiger partial charge is 0.334 e. The van der Waals surface area contributed by atoms with Gasteiger partial charge in [-0.25, -0.2) is 9.78 Å². The molecule has 3 amide bonds. The number of hydrogen-bond acceptors (Lipinski definition) is 5. The fourth-order valence-corrected chi connectivity index (χ4v) is 2.90. The van der Waals surface area contributed by atoms with Crippen LogP contribution < -0.4 is 16.2 Å². The van der Waals surface area contributed by atoms with Gasteiger partial charge in [0, 0.05) is 11.4 Å². The van der Waals surface area contributed by atoms with Gasteiger partial charge < -0.3 is 5.32 Å². The standard InChI is InChI=1S/C14H16N4O3S/c1-4-5-15-14(21)17-10(19)6-18-7-16-12-11(13(18)20)8(2)9(3)22-12/h4,7H,1,5-6H2,2-3H3,(H2,15,17,19,21). The SMILES string of the molecule is C=CCNC(=O)NC(=O)Cn1cnc2sc(C)c(C)c2c1=O. The van der Waals surface area contributed by atoms with E-state index in [2.05, 4.69) is 22.2 Å². The minimum atomic E-state index is -0.630. The average molecular weight is 320 g/mol. The van der Waals surface area contributed by atoms with Crippen LogP contribution in [0.15, 0.2) is 23.8 Å². The third-order valence-electron chi connectivity index (χ3n) is 3.13. The molecule has 2 aromatic heterocycles. The average Bonchev–Trinajstić information content (AvgIpc) is 2.75. The Hall–Kier alpha value is -2.48. The number of urea groups is 1. The molecule has 0 aliphatic rings. The summed E-state index contributed by atoms with van der Waals surface area (Å²) in [4.78, 5) is 41.4. The molecule has 22 heavy (non-hydrogen) atoms. The van der Waals surface area contributed by atoms with Crippen LogP contribution in [-0.4, -0.2) is 28.0 Å². The molecule has 2 N–H and O–H groups in total. The summed E-state index contributed by atoms with van der Waals surface area (Å²) in [5, 5.41) is 5.07. The maximum Gasteiger partial charge on any atom is 0.321 e. The second-order valence-corrected chi connectivity index (χ2v) is 5.89. The molecule has 0 fully saturated rings. The number of rotatable bonds is 4. The number of nitrogens with one attached hydrogen (secondary N) is 2. The Balaban J connectivity index is 2.18. The van der Waals surface area contributed by atoms with E-state index in [9.17, 15) is 14.4 Å². The lowest BCUT2D eigenvalue weighted by molar-refractivity contribution is -0.120. The van der Waals surface area contributed by atoms with Crippen molar-refractivity contribution in [2.45, 2.75) is 20.4 Å². The highest BCUT2D eigenvalue weighted by Gasteiger charge is 2.14. The summed E-state index contributed by atoms with van der Waals surface area (Å²) in [5.74, 6) is -0.589. The van der Waals surface area contributed by atoms with Crippen molar-refractivity contribution in [1.29, 1.82) is 0 Å². The lowest BCUT2D eigenvalue weighted by Gasteiger charge is -2.07. The van der Waals surface area contributed by atoms with Crippen LogP contribution in [0.2, 0.25) is 0 Å². The van der Waals surface area contributed by atoms with Crippen molar-refractivity contribution in [1.82, 2.24) is 20.2 Å². The van der Waals surface area contributed by atoms with Gasteiger partial charge in [0.2, 0.25) is 5.91 Å². The predicted octanol–water partition coefficient (Wildman–Crippen LogP) is 1.09. The molecular formula is C14H16N4O3S. The first-order valence-corrected chi connectivity index (χ1v) is 7.39. The molecule has 0 aliphatic heterocycles. The molecule has 2 heterocycles. The number of nitrogens with zero attached hydrogens (tertiary/aromatic N) is 2. The summed E-state index contributed by atoms with van der Waals surface area (Å²) in [6.07, 6.45) is 2.81. The summed E-state index contributed by atoms with van der Waals surface area (Å²) in [6, 6.07) is -0.630. The number of hydrogen-bond donors (Lipinski definition) is 2. The topological polar surface area (TPSA) is 93.1 Å². The van der Waals surface area contributed by atoms with Crippen LogP contribution in [-0.2, 0) is 11.3 Å². The van der Waals surface area contributed by atoms with Crippen LogP contribution in [0.25, 0.3) is 10.2 Å². The molecule has 0 saturated carbocycles. The van der Waals surface area contributed by atoms with E-state index in [1.165, 1.54) is 28.3 Å². The molecule has 2 aromatic rings. The summed E-state index contributed by atoms with van der Waals surface area (Å²) in [6.45, 7) is 7.20. The number of carbonyl (C=O) groups excluding carboxylic acids is 2. The molecule has 0 aromatic carbocycles. The highest BCUT2D eigenvalue weighted by molar-refractivity contribution is 7.18. The van der Waals surface area contributed by atoms with E-state index in [1.807, 2.05) is 13.8 Å². The minimum Gasteiger partial charge on any atom is -0.334 e. The molecule has 7 nitrogen and oxygen atoms in total. The number of aromatic nitrogens is 2. The molecule has 0 spiro atoms. The summed E-state index contributed by atoms with van der Waals surface area (Å²) < 4.78 is 1.19. The number of thiophene rings is 1. The monoisotopic (exact) mass is 320 g/mol. The van der Waals surface area contributed by atoms with Crippen LogP contribution in [0.5, 0.6) is 0 Å². The van der Waals surface area contributed by atoms with Crippen molar-refractivity contribution < 1.29 is 9.59 Å². The Labute approximate surface area is 130 Å². The molecule has 8 heteroatoms. The molecule has 0 aliphatic carbocycles. The van der Waals surface area contributed by atoms with Crippen molar-refractivity contribution >= 4 is 33.5 Å². The van der Waals surface area contributed by atoms with Gasteiger partial charge >= 0.3 is 6.03 Å². The van der Waals surface area contributed by atoms with Crippen molar-refractivity contribution in [3.05, 3.63) is 39.8 Å². The highest BCUT2D eigenvalue weighted by atomic mass is 32.1. The zero-order chi connectivity index (χ0) is 16.3. The Morgan fingerprint density at radius 1 is 1.45 bits per heavy atom. The lowest BCUT2D eigenvalue weighted by atomic mass is 10.2. The van der Waals surface area contributed by atoms with Crippen molar-refractivity contribution in [2.75, 3.05) is 6.54 Å². The molecule has 0 saturated heterocycles. The van der Waals surface area contributed by atoms with Gasteiger partial charge in [-0.2, -0.15) is 0 Å². The first-order chi connectivity index (χ1) is 10.4. The van der Waals surface area contributed by atoms with Crippen LogP contribution >= 0.6 is 11.3 Å². The smallest absolute Gasteiger partial charge is 0.321 e. The zero-order valence-corrected chi connectivity index (χ0v) is 13.1.